The molecule has 0 aromatic carbocycles. The van der Waals surface area contributed by atoms with Gasteiger partial charge in [-0.2, -0.15) is 25.3 Å². The van der Waals surface area contributed by atoms with E-state index < -0.39 is 35.6 Å². The predicted molar refractivity (Wildman–Crippen MR) is 84.7 cm³/mol. The first-order chi connectivity index (χ1) is 10.4. The Kier molecular flexibility index (Phi) is 10.5. The van der Waals surface area contributed by atoms with Crippen molar-refractivity contribution < 1.29 is 28.7 Å². The summed E-state index contributed by atoms with van der Waals surface area (Å²) in [6, 6.07) is 0. The van der Waals surface area contributed by atoms with Crippen molar-refractivity contribution in [3.63, 3.8) is 0 Å². The van der Waals surface area contributed by atoms with Crippen LogP contribution in [0.15, 0.2) is 0 Å². The topological polar surface area (TPSA) is 111 Å². The Morgan fingerprint density at radius 2 is 1.14 bits per heavy atom. The van der Waals surface area contributed by atoms with E-state index >= 15 is 0 Å². The van der Waals surface area contributed by atoms with Gasteiger partial charge in [-0.25, -0.2) is 0 Å². The molecule has 0 saturated carbocycles. The van der Waals surface area contributed by atoms with Crippen LogP contribution >= 0.6 is 25.3 Å². The monoisotopic (exact) mass is 352 g/mol. The van der Waals surface area contributed by atoms with Crippen molar-refractivity contribution in [1.29, 1.82) is 0 Å². The van der Waals surface area contributed by atoms with Crippen LogP contribution in [0.2, 0.25) is 0 Å². The highest BCUT2D eigenvalue weighted by Crippen LogP contribution is 2.03. The fourth-order valence-corrected chi connectivity index (χ4v) is 2.06. The number of rotatable bonds is 9. The highest BCUT2D eigenvalue weighted by atomic mass is 32.1. The number of carbonyl (C=O) groups excluding carboxylic acids is 4. The van der Waals surface area contributed by atoms with Gasteiger partial charge in [0, 0.05) is 24.6 Å². The third-order valence-electron chi connectivity index (χ3n) is 2.69. The summed E-state index contributed by atoms with van der Waals surface area (Å²) in [7, 11) is 2.35. The van der Waals surface area contributed by atoms with E-state index in [0.29, 0.717) is 0 Å². The summed E-state index contributed by atoms with van der Waals surface area (Å²) in [4.78, 5) is 46.0. The summed E-state index contributed by atoms with van der Waals surface area (Å²) in [5.41, 5.74) is 0. The number of hydrogen-bond donors (Lipinski definition) is 4. The SMILES string of the molecule is COC(=O)C(CS)C(=O)NCCNC(=O)C(CS)C(=O)OC. The molecule has 0 aliphatic carbocycles. The number of esters is 2. The number of methoxy groups -OCH3 is 2. The molecule has 0 saturated heterocycles. The molecule has 0 rings (SSSR count). The predicted octanol–water partition coefficient (Wildman–Crippen LogP) is -1.34. The molecule has 126 valence electrons. The lowest BCUT2D eigenvalue weighted by molar-refractivity contribution is -0.150. The number of hydrogen-bond acceptors (Lipinski definition) is 8. The number of thiol groups is 2. The van der Waals surface area contributed by atoms with E-state index in [9.17, 15) is 19.2 Å². The molecular weight excluding hydrogens is 332 g/mol. The molecule has 2 N–H and O–H groups in total. The van der Waals surface area contributed by atoms with Gasteiger partial charge in [-0.1, -0.05) is 0 Å². The molecule has 2 amide bonds. The average molecular weight is 352 g/mol. The van der Waals surface area contributed by atoms with Crippen LogP contribution in [-0.4, -0.2) is 62.6 Å². The molecule has 0 aromatic rings. The van der Waals surface area contributed by atoms with Crippen molar-refractivity contribution in [2.24, 2.45) is 11.8 Å². The molecule has 0 fully saturated rings. The Hall–Kier alpha value is -1.42. The maximum absolute atomic E-state index is 11.7. The molecular formula is C12H20N2O6S2. The van der Waals surface area contributed by atoms with Crippen molar-refractivity contribution in [1.82, 2.24) is 10.6 Å². The maximum Gasteiger partial charge on any atom is 0.319 e. The summed E-state index contributed by atoms with van der Waals surface area (Å²) in [6.45, 7) is 0.179. The van der Waals surface area contributed by atoms with Crippen LogP contribution in [0.3, 0.4) is 0 Å². The lowest BCUT2D eigenvalue weighted by Gasteiger charge is -2.14. The van der Waals surface area contributed by atoms with Gasteiger partial charge in [0.2, 0.25) is 11.8 Å². The van der Waals surface area contributed by atoms with Crippen LogP contribution in [0, 0.1) is 11.8 Å². The van der Waals surface area contributed by atoms with Crippen LogP contribution in [0.1, 0.15) is 0 Å². The van der Waals surface area contributed by atoms with E-state index in [4.69, 9.17) is 0 Å². The summed E-state index contributed by atoms with van der Waals surface area (Å²) in [5.74, 6) is -4.46. The molecule has 0 heterocycles. The number of amides is 2. The first-order valence-electron chi connectivity index (χ1n) is 6.35. The van der Waals surface area contributed by atoms with Gasteiger partial charge in [0.1, 0.15) is 11.8 Å². The minimum Gasteiger partial charge on any atom is -0.468 e. The standard InChI is InChI=1S/C12H20N2O6S2/c1-19-11(17)7(5-21)9(15)13-3-4-14-10(16)8(6-22)12(18)20-2/h7-8,21-22H,3-6H2,1-2H3,(H,13,15)(H,14,16). The Labute approximate surface area is 139 Å². The van der Waals surface area contributed by atoms with E-state index in [0.717, 1.165) is 0 Å². The second-order valence-corrected chi connectivity index (χ2v) is 4.83. The molecule has 0 spiro atoms. The summed E-state index contributed by atoms with van der Waals surface area (Å²) < 4.78 is 8.95. The zero-order chi connectivity index (χ0) is 17.1. The Morgan fingerprint density at radius 3 is 1.36 bits per heavy atom. The van der Waals surface area contributed by atoms with Crippen LogP contribution in [0.4, 0.5) is 0 Å². The number of ether oxygens (including phenoxy) is 2. The van der Waals surface area contributed by atoms with Crippen molar-refractivity contribution >= 4 is 49.0 Å². The first-order valence-corrected chi connectivity index (χ1v) is 7.62. The van der Waals surface area contributed by atoms with Crippen molar-refractivity contribution in [2.45, 2.75) is 0 Å². The van der Waals surface area contributed by atoms with Gasteiger partial charge in [-0.05, 0) is 0 Å². The van der Waals surface area contributed by atoms with Gasteiger partial charge >= 0.3 is 11.9 Å². The zero-order valence-electron chi connectivity index (χ0n) is 12.3. The first kappa shape index (κ1) is 20.6. The number of nitrogens with one attached hydrogen (secondary N) is 2. The average Bonchev–Trinajstić information content (AvgIpc) is 2.52. The lowest BCUT2D eigenvalue weighted by Crippen LogP contribution is -2.43. The van der Waals surface area contributed by atoms with Crippen molar-refractivity contribution in [3.8, 4) is 0 Å². The Bertz CT molecular complexity index is 380. The Morgan fingerprint density at radius 1 is 0.818 bits per heavy atom. The van der Waals surface area contributed by atoms with E-state index in [1.54, 1.807) is 0 Å². The highest BCUT2D eigenvalue weighted by molar-refractivity contribution is 7.80. The minimum absolute atomic E-state index is 0.00886. The van der Waals surface area contributed by atoms with E-state index in [-0.39, 0.29) is 24.6 Å². The fraction of sp³-hybridized carbons (Fsp3) is 0.667. The molecule has 0 aliphatic heterocycles. The van der Waals surface area contributed by atoms with Crippen molar-refractivity contribution in [3.05, 3.63) is 0 Å². The maximum atomic E-state index is 11.7. The largest absolute Gasteiger partial charge is 0.468 e. The third kappa shape index (κ3) is 6.56. The molecule has 22 heavy (non-hydrogen) atoms. The minimum atomic E-state index is -1.01. The molecule has 0 aromatic heterocycles. The normalized spacial score (nSPS) is 12.7. The summed E-state index contributed by atoms with van der Waals surface area (Å²) in [6.07, 6.45) is 0. The quantitative estimate of drug-likeness (QED) is 0.177. The molecule has 8 nitrogen and oxygen atoms in total. The van der Waals surface area contributed by atoms with Crippen LogP contribution < -0.4 is 10.6 Å². The fourth-order valence-electron chi connectivity index (χ4n) is 1.43. The van der Waals surface area contributed by atoms with Gasteiger partial charge in [-0.15, -0.1) is 0 Å². The van der Waals surface area contributed by atoms with Gasteiger partial charge < -0.3 is 20.1 Å². The van der Waals surface area contributed by atoms with Gasteiger partial charge in [0.05, 0.1) is 14.2 Å². The van der Waals surface area contributed by atoms with Crippen LogP contribution in [0.25, 0.3) is 0 Å². The van der Waals surface area contributed by atoms with Crippen LogP contribution in [-0.2, 0) is 28.7 Å². The molecule has 10 heteroatoms. The van der Waals surface area contributed by atoms with Gasteiger partial charge in [0.15, 0.2) is 0 Å². The third-order valence-corrected chi connectivity index (χ3v) is 3.42. The van der Waals surface area contributed by atoms with E-state index in [1.807, 2.05) is 0 Å². The number of carbonyl (C=O) groups is 4. The van der Waals surface area contributed by atoms with E-state index in [2.05, 4.69) is 45.4 Å². The second kappa shape index (κ2) is 11.2. The van der Waals surface area contributed by atoms with Gasteiger partial charge in [0.25, 0.3) is 0 Å². The van der Waals surface area contributed by atoms with E-state index in [1.165, 1.54) is 14.2 Å². The van der Waals surface area contributed by atoms with Crippen LogP contribution in [0.5, 0.6) is 0 Å². The Balaban J connectivity index is 4.21. The smallest absolute Gasteiger partial charge is 0.319 e. The molecule has 2 unspecified atom stereocenters. The van der Waals surface area contributed by atoms with Gasteiger partial charge in [-0.3, -0.25) is 19.2 Å². The molecule has 2 atom stereocenters. The summed E-state index contributed by atoms with van der Waals surface area (Å²) >= 11 is 7.81. The molecule has 0 radical (unpaired) electrons. The zero-order valence-corrected chi connectivity index (χ0v) is 14.1. The summed E-state index contributed by atoms with van der Waals surface area (Å²) in [5, 5.41) is 4.93. The lowest BCUT2D eigenvalue weighted by atomic mass is 10.1. The van der Waals surface area contributed by atoms with Crippen molar-refractivity contribution in [2.75, 3.05) is 38.8 Å². The second-order valence-electron chi connectivity index (χ2n) is 4.10. The highest BCUT2D eigenvalue weighted by Gasteiger charge is 2.27. The molecule has 0 aliphatic rings. The molecule has 0 bridgehead atoms.